The molecular weight excluding hydrogens is 216 g/mol. The molecule has 2 rings (SSSR count). The maximum atomic E-state index is 11.7. The van der Waals surface area contributed by atoms with Crippen molar-refractivity contribution in [3.05, 3.63) is 0 Å². The minimum atomic E-state index is 0.141. The number of hydrogen-bond acceptors (Lipinski definition) is 3. The maximum absolute atomic E-state index is 11.7. The Kier molecular flexibility index (Phi) is 4.80. The average molecular weight is 240 g/mol. The average Bonchev–Trinajstić information content (AvgIpc) is 2.97. The minimum Gasteiger partial charge on any atom is -0.381 e. The van der Waals surface area contributed by atoms with E-state index in [-0.39, 0.29) is 5.91 Å². The molecule has 4 nitrogen and oxygen atoms in total. The highest BCUT2D eigenvalue weighted by Crippen LogP contribution is 2.18. The van der Waals surface area contributed by atoms with Crippen molar-refractivity contribution in [2.24, 2.45) is 5.92 Å². The van der Waals surface area contributed by atoms with Crippen molar-refractivity contribution >= 4 is 5.91 Å². The number of hydrogen-bond donors (Lipinski definition) is 2. The second-order valence-electron chi connectivity index (χ2n) is 5.34. The highest BCUT2D eigenvalue weighted by molar-refractivity contribution is 5.78. The van der Waals surface area contributed by atoms with Gasteiger partial charge in [-0.1, -0.05) is 12.8 Å². The molecule has 0 radical (unpaired) electrons. The van der Waals surface area contributed by atoms with Gasteiger partial charge in [-0.05, 0) is 32.1 Å². The molecule has 98 valence electrons. The molecule has 0 bridgehead atoms. The number of amides is 1. The van der Waals surface area contributed by atoms with Crippen LogP contribution in [0.3, 0.4) is 0 Å². The Bertz CT molecular complexity index is 246. The molecule has 1 saturated carbocycles. The number of nitrogens with one attached hydrogen (secondary N) is 2. The first-order valence-corrected chi connectivity index (χ1v) is 6.86. The molecule has 1 aliphatic carbocycles. The largest absolute Gasteiger partial charge is 0.381 e. The molecule has 1 heterocycles. The highest BCUT2D eigenvalue weighted by Gasteiger charge is 2.23. The normalized spacial score (nSPS) is 27.2. The van der Waals surface area contributed by atoms with Crippen LogP contribution in [0.15, 0.2) is 0 Å². The van der Waals surface area contributed by atoms with Crippen LogP contribution in [0.4, 0.5) is 0 Å². The predicted molar refractivity (Wildman–Crippen MR) is 66.8 cm³/mol. The summed E-state index contributed by atoms with van der Waals surface area (Å²) >= 11 is 0. The third-order valence-electron chi connectivity index (χ3n) is 3.98. The van der Waals surface area contributed by atoms with E-state index in [4.69, 9.17) is 4.74 Å². The lowest BCUT2D eigenvalue weighted by molar-refractivity contribution is -0.121. The first kappa shape index (κ1) is 12.8. The van der Waals surface area contributed by atoms with Gasteiger partial charge in [-0.25, -0.2) is 0 Å². The lowest BCUT2D eigenvalue weighted by Gasteiger charge is -2.19. The summed E-state index contributed by atoms with van der Waals surface area (Å²) in [6.45, 7) is 4.28. The smallest absolute Gasteiger partial charge is 0.234 e. The molecule has 0 aromatic rings. The molecule has 0 aromatic carbocycles. The summed E-state index contributed by atoms with van der Waals surface area (Å²) in [5, 5.41) is 6.40. The molecular formula is C13H24N2O2. The van der Waals surface area contributed by atoms with Crippen LogP contribution in [0.25, 0.3) is 0 Å². The van der Waals surface area contributed by atoms with E-state index in [1.807, 2.05) is 0 Å². The van der Waals surface area contributed by atoms with Gasteiger partial charge in [-0.2, -0.15) is 0 Å². The van der Waals surface area contributed by atoms with E-state index in [9.17, 15) is 4.79 Å². The summed E-state index contributed by atoms with van der Waals surface area (Å²) in [6.07, 6.45) is 5.93. The summed E-state index contributed by atoms with van der Waals surface area (Å²) in [5.41, 5.74) is 0. The van der Waals surface area contributed by atoms with Crippen LogP contribution in [0.5, 0.6) is 0 Å². The molecule has 2 unspecified atom stereocenters. The van der Waals surface area contributed by atoms with Crippen LogP contribution in [0.1, 0.15) is 39.0 Å². The van der Waals surface area contributed by atoms with Gasteiger partial charge in [0.1, 0.15) is 0 Å². The van der Waals surface area contributed by atoms with Gasteiger partial charge in [-0.3, -0.25) is 4.79 Å². The summed E-state index contributed by atoms with van der Waals surface area (Å²) in [7, 11) is 0. The van der Waals surface area contributed by atoms with E-state index in [0.29, 0.717) is 24.5 Å². The van der Waals surface area contributed by atoms with Crippen LogP contribution in [-0.4, -0.2) is 37.7 Å². The maximum Gasteiger partial charge on any atom is 0.234 e. The summed E-state index contributed by atoms with van der Waals surface area (Å²) in [4.78, 5) is 11.7. The Balaban J connectivity index is 1.61. The molecule has 2 fully saturated rings. The van der Waals surface area contributed by atoms with Crippen LogP contribution in [-0.2, 0) is 9.53 Å². The summed E-state index contributed by atoms with van der Waals surface area (Å²) in [6, 6.07) is 0.793. The lowest BCUT2D eigenvalue weighted by Crippen LogP contribution is -2.43. The molecule has 1 aliphatic heterocycles. The number of rotatable bonds is 5. The topological polar surface area (TPSA) is 50.4 Å². The van der Waals surface area contributed by atoms with Crippen molar-refractivity contribution in [1.29, 1.82) is 0 Å². The van der Waals surface area contributed by atoms with E-state index in [1.165, 1.54) is 12.8 Å². The molecule has 17 heavy (non-hydrogen) atoms. The third-order valence-corrected chi connectivity index (χ3v) is 3.98. The van der Waals surface area contributed by atoms with Gasteiger partial charge >= 0.3 is 0 Å². The van der Waals surface area contributed by atoms with Crippen molar-refractivity contribution < 1.29 is 9.53 Å². The number of carbonyl (C=O) groups excluding carboxylic acids is 1. The second-order valence-corrected chi connectivity index (χ2v) is 5.34. The zero-order valence-corrected chi connectivity index (χ0v) is 10.7. The Hall–Kier alpha value is -0.610. The van der Waals surface area contributed by atoms with Crippen LogP contribution in [0, 0.1) is 5.92 Å². The van der Waals surface area contributed by atoms with E-state index in [1.54, 1.807) is 0 Å². The van der Waals surface area contributed by atoms with E-state index in [2.05, 4.69) is 17.6 Å². The Morgan fingerprint density at radius 2 is 2.12 bits per heavy atom. The zero-order valence-electron chi connectivity index (χ0n) is 10.7. The molecule has 1 amide bonds. The fourth-order valence-corrected chi connectivity index (χ4v) is 2.72. The fourth-order valence-electron chi connectivity index (χ4n) is 2.72. The van der Waals surface area contributed by atoms with Gasteiger partial charge in [-0.15, -0.1) is 0 Å². The Morgan fingerprint density at radius 1 is 1.35 bits per heavy atom. The fraction of sp³-hybridized carbons (Fsp3) is 0.923. The van der Waals surface area contributed by atoms with Gasteiger partial charge in [0, 0.05) is 18.7 Å². The minimum absolute atomic E-state index is 0.141. The number of carbonyl (C=O) groups is 1. The van der Waals surface area contributed by atoms with Crippen molar-refractivity contribution in [1.82, 2.24) is 10.6 Å². The van der Waals surface area contributed by atoms with Crippen molar-refractivity contribution in [2.45, 2.75) is 51.1 Å². The highest BCUT2D eigenvalue weighted by atomic mass is 16.5. The van der Waals surface area contributed by atoms with E-state index in [0.717, 1.165) is 32.5 Å². The van der Waals surface area contributed by atoms with Crippen molar-refractivity contribution in [3.63, 3.8) is 0 Å². The van der Waals surface area contributed by atoms with Crippen LogP contribution >= 0.6 is 0 Å². The number of ether oxygens (including phenoxy) is 1. The zero-order chi connectivity index (χ0) is 12.1. The molecule has 2 aliphatic rings. The second kappa shape index (κ2) is 6.36. The Morgan fingerprint density at radius 3 is 2.76 bits per heavy atom. The summed E-state index contributed by atoms with van der Waals surface area (Å²) < 4.78 is 5.35. The van der Waals surface area contributed by atoms with Gasteiger partial charge in [0.25, 0.3) is 0 Å². The molecule has 2 N–H and O–H groups in total. The van der Waals surface area contributed by atoms with Crippen molar-refractivity contribution in [3.8, 4) is 0 Å². The standard InChI is InChI=1S/C13H24N2O2/c1-10(11-6-7-17-9-11)14-8-13(16)15-12-4-2-3-5-12/h10-12,14H,2-9H2,1H3,(H,15,16). The first-order chi connectivity index (χ1) is 8.25. The van der Waals surface area contributed by atoms with E-state index < -0.39 is 0 Å². The van der Waals surface area contributed by atoms with Gasteiger partial charge in [0.15, 0.2) is 0 Å². The Labute approximate surface area is 103 Å². The van der Waals surface area contributed by atoms with Gasteiger partial charge in [0.2, 0.25) is 5.91 Å². The van der Waals surface area contributed by atoms with Crippen molar-refractivity contribution in [2.75, 3.05) is 19.8 Å². The molecule has 4 heteroatoms. The quantitative estimate of drug-likeness (QED) is 0.755. The lowest BCUT2D eigenvalue weighted by atomic mass is 10.0. The van der Waals surface area contributed by atoms with Crippen LogP contribution < -0.4 is 10.6 Å². The predicted octanol–water partition coefficient (Wildman–Crippen LogP) is 1.06. The van der Waals surface area contributed by atoms with Crippen LogP contribution in [0.2, 0.25) is 0 Å². The molecule has 1 saturated heterocycles. The molecule has 0 spiro atoms. The SMILES string of the molecule is CC(NCC(=O)NC1CCCC1)C1CCOC1. The molecule has 0 aromatic heterocycles. The third kappa shape index (κ3) is 3.96. The monoisotopic (exact) mass is 240 g/mol. The van der Waals surface area contributed by atoms with Gasteiger partial charge in [0.05, 0.1) is 13.2 Å². The van der Waals surface area contributed by atoms with E-state index >= 15 is 0 Å². The van der Waals surface area contributed by atoms with Gasteiger partial charge < -0.3 is 15.4 Å². The first-order valence-electron chi connectivity index (χ1n) is 6.86. The molecule has 2 atom stereocenters. The summed E-state index contributed by atoms with van der Waals surface area (Å²) in [5.74, 6) is 0.706.